The summed E-state index contributed by atoms with van der Waals surface area (Å²) in [5.74, 6) is 0. The molecule has 1 fully saturated rings. The normalized spacial score (nSPS) is 17.8. The van der Waals surface area contributed by atoms with Crippen molar-refractivity contribution in [3.05, 3.63) is 29.3 Å². The van der Waals surface area contributed by atoms with Crippen LogP contribution in [0.3, 0.4) is 0 Å². The lowest BCUT2D eigenvalue weighted by molar-refractivity contribution is -0.903. The van der Waals surface area contributed by atoms with Crippen molar-refractivity contribution in [1.29, 1.82) is 5.26 Å². The summed E-state index contributed by atoms with van der Waals surface area (Å²) in [5.41, 5.74) is 0. The van der Waals surface area contributed by atoms with Crippen molar-refractivity contribution in [3.63, 3.8) is 0 Å². The first kappa shape index (κ1) is 15.3. The van der Waals surface area contributed by atoms with Gasteiger partial charge in [-0.25, -0.2) is 8.42 Å². The van der Waals surface area contributed by atoms with Crippen molar-refractivity contribution in [1.82, 2.24) is 4.31 Å². The molecule has 1 N–H and O–H groups in total. The van der Waals surface area contributed by atoms with Crippen LogP contribution in [0.1, 0.15) is 6.42 Å². The number of sulfonamides is 1. The first-order valence-corrected chi connectivity index (χ1v) is 8.32. The van der Waals surface area contributed by atoms with Gasteiger partial charge in [-0.2, -0.15) is 9.57 Å². The lowest BCUT2D eigenvalue weighted by Gasteiger charge is -2.31. The summed E-state index contributed by atoms with van der Waals surface area (Å²) in [6.07, 6.45) is 0.513. The Hall–Kier alpha value is -1.13. The van der Waals surface area contributed by atoms with Crippen molar-refractivity contribution in [2.45, 2.75) is 11.3 Å². The van der Waals surface area contributed by atoms with Gasteiger partial charge in [-0.05, 0) is 24.3 Å². The van der Waals surface area contributed by atoms with Gasteiger partial charge in [-0.1, -0.05) is 11.6 Å². The second kappa shape index (κ2) is 6.55. The SMILES string of the molecule is N#CCC[NH+]1CCN(S(=O)(=O)c2ccc(Cl)cc2)CC1. The Bertz CT molecular complexity index is 587. The molecule has 0 saturated carbocycles. The van der Waals surface area contributed by atoms with Gasteiger partial charge in [0.05, 0.1) is 50.1 Å². The minimum atomic E-state index is -3.43. The molecule has 0 spiro atoms. The lowest BCUT2D eigenvalue weighted by atomic mass is 10.3. The molecule has 1 saturated heterocycles. The van der Waals surface area contributed by atoms with Gasteiger partial charge in [0.1, 0.15) is 0 Å². The number of halogens is 1. The monoisotopic (exact) mass is 314 g/mol. The standard InChI is InChI=1S/C13H16ClN3O2S/c14-12-2-4-13(5-3-12)20(18,19)17-10-8-16(9-11-17)7-1-6-15/h2-5H,1,7-11H2/p+1. The Labute approximate surface area is 124 Å². The summed E-state index contributed by atoms with van der Waals surface area (Å²) in [7, 11) is -3.43. The summed E-state index contributed by atoms with van der Waals surface area (Å²) < 4.78 is 26.4. The fourth-order valence-corrected chi connectivity index (χ4v) is 3.85. The predicted molar refractivity (Wildman–Crippen MR) is 76.0 cm³/mol. The molecule has 1 aliphatic rings. The molecule has 0 bridgehead atoms. The van der Waals surface area contributed by atoms with Gasteiger partial charge in [0.2, 0.25) is 10.0 Å². The molecular weight excluding hydrogens is 298 g/mol. The van der Waals surface area contributed by atoms with Crippen LogP contribution in [0.2, 0.25) is 5.02 Å². The van der Waals surface area contributed by atoms with Gasteiger partial charge in [0.25, 0.3) is 0 Å². The predicted octanol–water partition coefficient (Wildman–Crippen LogP) is 0.143. The zero-order valence-corrected chi connectivity index (χ0v) is 12.6. The lowest BCUT2D eigenvalue weighted by Crippen LogP contribution is -3.14. The Balaban J connectivity index is 2.02. The van der Waals surface area contributed by atoms with Crippen LogP contribution < -0.4 is 4.90 Å². The molecule has 108 valence electrons. The zero-order valence-electron chi connectivity index (χ0n) is 11.0. The quantitative estimate of drug-likeness (QED) is 0.860. The molecular formula is C13H17ClN3O2S+. The zero-order chi connectivity index (χ0) is 14.6. The van der Waals surface area contributed by atoms with E-state index in [4.69, 9.17) is 16.9 Å². The number of quaternary nitrogens is 1. The topological polar surface area (TPSA) is 65.6 Å². The number of nitrogens with zero attached hydrogens (tertiary/aromatic N) is 2. The molecule has 1 heterocycles. The van der Waals surface area contributed by atoms with Crippen molar-refractivity contribution >= 4 is 21.6 Å². The molecule has 0 atom stereocenters. The molecule has 1 aromatic rings. The van der Waals surface area contributed by atoms with E-state index in [1.165, 1.54) is 21.3 Å². The maximum atomic E-state index is 12.4. The molecule has 1 aromatic carbocycles. The van der Waals surface area contributed by atoms with Gasteiger partial charge >= 0.3 is 0 Å². The average molecular weight is 315 g/mol. The number of piperazine rings is 1. The Morgan fingerprint density at radius 2 is 1.85 bits per heavy atom. The van der Waals surface area contributed by atoms with Crippen LogP contribution in [0.15, 0.2) is 29.2 Å². The largest absolute Gasteiger partial charge is 0.332 e. The number of nitrogens with one attached hydrogen (secondary N) is 1. The Morgan fingerprint density at radius 3 is 2.40 bits per heavy atom. The number of hydrogen-bond acceptors (Lipinski definition) is 3. The Morgan fingerprint density at radius 1 is 1.25 bits per heavy atom. The summed E-state index contributed by atoms with van der Waals surface area (Å²) in [6.45, 7) is 3.26. The van der Waals surface area contributed by atoms with E-state index in [1.807, 2.05) is 0 Å². The van der Waals surface area contributed by atoms with Crippen LogP contribution >= 0.6 is 11.6 Å². The summed E-state index contributed by atoms with van der Waals surface area (Å²) >= 11 is 5.78. The van der Waals surface area contributed by atoms with Crippen LogP contribution in [-0.2, 0) is 10.0 Å². The summed E-state index contributed by atoms with van der Waals surface area (Å²) in [5, 5.41) is 9.09. The van der Waals surface area contributed by atoms with Gasteiger partial charge in [-0.3, -0.25) is 0 Å². The molecule has 0 aromatic heterocycles. The third kappa shape index (κ3) is 3.49. The smallest absolute Gasteiger partial charge is 0.243 e. The first-order chi connectivity index (χ1) is 9.54. The van der Waals surface area contributed by atoms with Gasteiger partial charge in [-0.15, -0.1) is 0 Å². The Kier molecular flexibility index (Phi) is 5.00. The number of nitriles is 1. The van der Waals surface area contributed by atoms with Crippen LogP contribution in [0.5, 0.6) is 0 Å². The fourth-order valence-electron chi connectivity index (χ4n) is 2.28. The van der Waals surface area contributed by atoms with Crippen molar-refractivity contribution < 1.29 is 13.3 Å². The molecule has 0 aliphatic carbocycles. The maximum absolute atomic E-state index is 12.4. The first-order valence-electron chi connectivity index (χ1n) is 6.50. The van der Waals surface area contributed by atoms with E-state index in [-0.39, 0.29) is 4.90 Å². The third-order valence-electron chi connectivity index (χ3n) is 3.47. The highest BCUT2D eigenvalue weighted by molar-refractivity contribution is 7.89. The average Bonchev–Trinajstić information content (AvgIpc) is 2.46. The fraction of sp³-hybridized carbons (Fsp3) is 0.462. The van der Waals surface area contributed by atoms with Crippen LogP contribution in [0.25, 0.3) is 0 Å². The van der Waals surface area contributed by atoms with E-state index in [2.05, 4.69) is 6.07 Å². The number of hydrogen-bond donors (Lipinski definition) is 1. The molecule has 20 heavy (non-hydrogen) atoms. The van der Waals surface area contributed by atoms with Gasteiger partial charge in [0, 0.05) is 5.02 Å². The van der Waals surface area contributed by atoms with Gasteiger partial charge < -0.3 is 4.90 Å². The molecule has 2 rings (SSSR count). The van der Waals surface area contributed by atoms with E-state index in [9.17, 15) is 8.42 Å². The molecule has 5 nitrogen and oxygen atoms in total. The molecule has 0 unspecified atom stereocenters. The minimum absolute atomic E-state index is 0.280. The van der Waals surface area contributed by atoms with Crippen molar-refractivity contribution in [3.8, 4) is 6.07 Å². The molecule has 0 amide bonds. The summed E-state index contributed by atoms with van der Waals surface area (Å²) in [6, 6.07) is 8.36. The van der Waals surface area contributed by atoms with Crippen LogP contribution in [0.4, 0.5) is 0 Å². The molecule has 1 aliphatic heterocycles. The minimum Gasteiger partial charge on any atom is -0.332 e. The third-order valence-corrected chi connectivity index (χ3v) is 5.64. The van der Waals surface area contributed by atoms with Crippen LogP contribution in [-0.4, -0.2) is 45.4 Å². The van der Waals surface area contributed by atoms with E-state index in [0.717, 1.165) is 19.6 Å². The number of benzene rings is 1. The van der Waals surface area contributed by atoms with Gasteiger partial charge in [0.15, 0.2) is 0 Å². The summed E-state index contributed by atoms with van der Waals surface area (Å²) in [4.78, 5) is 1.57. The van der Waals surface area contributed by atoms with E-state index >= 15 is 0 Å². The number of rotatable bonds is 4. The highest BCUT2D eigenvalue weighted by Crippen LogP contribution is 2.18. The highest BCUT2D eigenvalue weighted by atomic mass is 35.5. The maximum Gasteiger partial charge on any atom is 0.243 e. The van der Waals surface area contributed by atoms with Crippen molar-refractivity contribution in [2.24, 2.45) is 0 Å². The highest BCUT2D eigenvalue weighted by Gasteiger charge is 2.29. The van der Waals surface area contributed by atoms with Crippen LogP contribution in [0, 0.1) is 11.3 Å². The second-order valence-electron chi connectivity index (χ2n) is 4.77. The van der Waals surface area contributed by atoms with Crippen molar-refractivity contribution in [2.75, 3.05) is 32.7 Å². The molecule has 7 heteroatoms. The molecule has 0 radical (unpaired) electrons. The second-order valence-corrected chi connectivity index (χ2v) is 7.14. The van der Waals surface area contributed by atoms with E-state index in [1.54, 1.807) is 12.1 Å². The van der Waals surface area contributed by atoms with E-state index < -0.39 is 10.0 Å². The van der Waals surface area contributed by atoms with E-state index in [0.29, 0.717) is 24.5 Å².